The average Bonchev–Trinajstić information content (AvgIpc) is 2.74. The maximum atomic E-state index is 12.9. The summed E-state index contributed by atoms with van der Waals surface area (Å²) in [6.45, 7) is 7.69. The fourth-order valence-corrected chi connectivity index (χ4v) is 5.03. The highest BCUT2D eigenvalue weighted by Crippen LogP contribution is 2.25. The normalized spacial score (nSPS) is 25.7. The predicted octanol–water partition coefficient (Wildman–Crippen LogP) is 0.864. The number of hydrogen-bond donors (Lipinski definition) is 3. The summed E-state index contributed by atoms with van der Waals surface area (Å²) in [5.74, 6) is -0.326. The lowest BCUT2D eigenvalue weighted by molar-refractivity contribution is -0.124. The number of carbonyl (C=O) groups is 1. The Morgan fingerprint density at radius 2 is 2.07 bits per heavy atom. The van der Waals surface area contributed by atoms with Crippen LogP contribution in [-0.4, -0.2) is 59.5 Å². The number of rotatable bonds is 5. The van der Waals surface area contributed by atoms with Gasteiger partial charge in [0, 0.05) is 18.8 Å². The van der Waals surface area contributed by atoms with Crippen molar-refractivity contribution >= 4 is 15.9 Å². The maximum absolute atomic E-state index is 12.9. The van der Waals surface area contributed by atoms with E-state index >= 15 is 0 Å². The van der Waals surface area contributed by atoms with Gasteiger partial charge in [0.1, 0.15) is 0 Å². The van der Waals surface area contributed by atoms with E-state index in [1.165, 1.54) is 16.6 Å². The number of β-amino-alcohol motifs (C(OH)–C–C–N with tert-alkyl or cyclic N) is 1. The summed E-state index contributed by atoms with van der Waals surface area (Å²) in [4.78, 5) is 16.4. The largest absolute Gasteiger partial charge is 0.390 e. The molecule has 1 saturated heterocycles. The molecule has 0 radical (unpaired) electrons. The summed E-state index contributed by atoms with van der Waals surface area (Å²) in [5.41, 5.74) is 5.90. The zero-order valence-corrected chi connectivity index (χ0v) is 17.8. The third-order valence-corrected chi connectivity index (χ3v) is 6.82. The van der Waals surface area contributed by atoms with E-state index in [-0.39, 0.29) is 28.9 Å². The molecule has 4 N–H and O–H groups in total. The first kappa shape index (κ1) is 22.7. The Balaban J connectivity index is 2.11. The van der Waals surface area contributed by atoms with Gasteiger partial charge < -0.3 is 16.2 Å². The summed E-state index contributed by atoms with van der Waals surface area (Å²) in [7, 11) is -3.83. The van der Waals surface area contributed by atoms with Crippen LogP contribution in [0.5, 0.6) is 0 Å². The van der Waals surface area contributed by atoms with E-state index in [1.54, 1.807) is 19.1 Å². The van der Waals surface area contributed by atoms with E-state index in [0.29, 0.717) is 19.3 Å². The average molecular weight is 413 g/mol. The van der Waals surface area contributed by atoms with E-state index in [2.05, 4.69) is 10.3 Å². The number of nitrogens with two attached hydrogens (primary N) is 1. The van der Waals surface area contributed by atoms with Gasteiger partial charge in [-0.2, -0.15) is 4.31 Å². The van der Waals surface area contributed by atoms with Crippen LogP contribution in [0.2, 0.25) is 0 Å². The molecule has 1 aromatic rings. The van der Waals surface area contributed by atoms with E-state index in [4.69, 9.17) is 5.73 Å². The molecule has 0 saturated carbocycles. The van der Waals surface area contributed by atoms with Gasteiger partial charge in [0.25, 0.3) is 10.0 Å². The first-order chi connectivity index (χ1) is 12.9. The zero-order valence-electron chi connectivity index (χ0n) is 17.0. The van der Waals surface area contributed by atoms with Crippen molar-refractivity contribution in [2.24, 2.45) is 11.1 Å². The van der Waals surface area contributed by atoms with Gasteiger partial charge in [0.15, 0.2) is 5.03 Å². The number of hydrogen-bond acceptors (Lipinski definition) is 6. The summed E-state index contributed by atoms with van der Waals surface area (Å²) >= 11 is 0. The van der Waals surface area contributed by atoms with E-state index in [0.717, 1.165) is 0 Å². The van der Waals surface area contributed by atoms with Crippen molar-refractivity contribution in [1.82, 2.24) is 14.6 Å². The molecule has 1 aliphatic rings. The molecule has 1 fully saturated rings. The van der Waals surface area contributed by atoms with Crippen LogP contribution in [0.1, 0.15) is 47.0 Å². The SMILES string of the molecule is C[C@@H]1CC[C@H](NC(=O)[C@@H](N)CC(C)(C)C)[C@@H](O)CN1S(=O)(=O)c1ccccn1. The molecule has 28 heavy (non-hydrogen) atoms. The van der Waals surface area contributed by atoms with Crippen molar-refractivity contribution in [2.45, 2.75) is 76.2 Å². The molecule has 0 aromatic carbocycles. The third-order valence-electron chi connectivity index (χ3n) is 4.93. The molecule has 0 aliphatic carbocycles. The first-order valence-corrected chi connectivity index (χ1v) is 11.0. The third kappa shape index (κ3) is 5.73. The summed E-state index contributed by atoms with van der Waals surface area (Å²) in [6.07, 6.45) is 1.87. The minimum Gasteiger partial charge on any atom is -0.390 e. The Kier molecular flexibility index (Phi) is 7.19. The number of nitrogens with zero attached hydrogens (tertiary/aromatic N) is 2. The van der Waals surface area contributed by atoms with Crippen molar-refractivity contribution in [2.75, 3.05) is 6.54 Å². The van der Waals surface area contributed by atoms with Crippen LogP contribution < -0.4 is 11.1 Å². The van der Waals surface area contributed by atoms with Gasteiger partial charge in [-0.25, -0.2) is 13.4 Å². The van der Waals surface area contributed by atoms with Crippen LogP contribution in [-0.2, 0) is 14.8 Å². The summed E-state index contributed by atoms with van der Waals surface area (Å²) in [5, 5.41) is 13.4. The van der Waals surface area contributed by atoms with Crippen molar-refractivity contribution in [3.05, 3.63) is 24.4 Å². The van der Waals surface area contributed by atoms with E-state index in [1.807, 2.05) is 20.8 Å². The molecule has 1 amide bonds. The highest BCUT2D eigenvalue weighted by atomic mass is 32.2. The molecule has 0 unspecified atom stereocenters. The van der Waals surface area contributed by atoms with Crippen molar-refractivity contribution in [3.8, 4) is 0 Å². The van der Waals surface area contributed by atoms with Gasteiger partial charge in [-0.1, -0.05) is 26.8 Å². The number of carbonyl (C=O) groups excluding carboxylic acids is 1. The first-order valence-electron chi connectivity index (χ1n) is 9.59. The minimum absolute atomic E-state index is 0.0521. The maximum Gasteiger partial charge on any atom is 0.260 e. The smallest absolute Gasteiger partial charge is 0.260 e. The summed E-state index contributed by atoms with van der Waals surface area (Å²) in [6, 6.07) is 3.13. The summed E-state index contributed by atoms with van der Waals surface area (Å²) < 4.78 is 27.1. The standard InChI is InChI=1S/C19H32N4O4S/c1-13-8-9-15(22-18(25)14(20)11-19(2,3)4)16(24)12-23(13)28(26,27)17-7-5-6-10-21-17/h5-7,10,13-16,24H,8-9,11-12,20H2,1-4H3,(H,22,25)/t13-,14+,15+,16+/m1/s1. The number of aliphatic hydroxyl groups excluding tert-OH is 1. The molecule has 1 aliphatic heterocycles. The second-order valence-electron chi connectivity index (χ2n) is 8.72. The van der Waals surface area contributed by atoms with E-state index < -0.39 is 28.2 Å². The van der Waals surface area contributed by atoms with Crippen LogP contribution >= 0.6 is 0 Å². The molecule has 158 valence electrons. The highest BCUT2D eigenvalue weighted by molar-refractivity contribution is 7.89. The fourth-order valence-electron chi connectivity index (χ4n) is 3.41. The predicted molar refractivity (Wildman–Crippen MR) is 107 cm³/mol. The molecular weight excluding hydrogens is 380 g/mol. The van der Waals surface area contributed by atoms with Gasteiger partial charge in [-0.05, 0) is 43.7 Å². The molecule has 2 rings (SSSR count). The molecular formula is C19H32N4O4S. The minimum atomic E-state index is -3.83. The number of pyridine rings is 1. The van der Waals surface area contributed by atoms with Crippen LogP contribution in [0.15, 0.2) is 29.4 Å². The quantitative estimate of drug-likeness (QED) is 0.659. The van der Waals surface area contributed by atoms with Gasteiger partial charge in [0.05, 0.1) is 18.2 Å². The zero-order chi connectivity index (χ0) is 21.1. The monoisotopic (exact) mass is 412 g/mol. The Hall–Kier alpha value is -1.55. The van der Waals surface area contributed by atoms with Gasteiger partial charge in [-0.3, -0.25) is 4.79 Å². The fraction of sp³-hybridized carbons (Fsp3) is 0.684. The molecule has 0 bridgehead atoms. The Morgan fingerprint density at radius 1 is 1.39 bits per heavy atom. The second-order valence-corrected chi connectivity index (χ2v) is 10.6. The molecule has 4 atom stereocenters. The van der Waals surface area contributed by atoms with E-state index in [9.17, 15) is 18.3 Å². The van der Waals surface area contributed by atoms with Crippen molar-refractivity contribution < 1.29 is 18.3 Å². The van der Waals surface area contributed by atoms with Gasteiger partial charge in [-0.15, -0.1) is 0 Å². The van der Waals surface area contributed by atoms with Crippen molar-refractivity contribution in [3.63, 3.8) is 0 Å². The van der Waals surface area contributed by atoms with Crippen molar-refractivity contribution in [1.29, 1.82) is 0 Å². The highest BCUT2D eigenvalue weighted by Gasteiger charge is 2.38. The van der Waals surface area contributed by atoms with Gasteiger partial charge in [0.2, 0.25) is 5.91 Å². The lowest BCUT2D eigenvalue weighted by Gasteiger charge is -2.28. The van der Waals surface area contributed by atoms with Crippen LogP contribution in [0.4, 0.5) is 0 Å². The van der Waals surface area contributed by atoms with Crippen LogP contribution in [0, 0.1) is 5.41 Å². The van der Waals surface area contributed by atoms with Crippen LogP contribution in [0.3, 0.4) is 0 Å². The molecule has 0 spiro atoms. The molecule has 9 heteroatoms. The number of aliphatic hydroxyl groups is 1. The Morgan fingerprint density at radius 3 is 2.64 bits per heavy atom. The molecule has 2 heterocycles. The van der Waals surface area contributed by atoms with Crippen LogP contribution in [0.25, 0.3) is 0 Å². The number of sulfonamides is 1. The lowest BCUT2D eigenvalue weighted by Crippen LogP contribution is -2.52. The number of nitrogens with one attached hydrogen (secondary N) is 1. The molecule has 8 nitrogen and oxygen atoms in total. The Labute approximate surface area is 167 Å². The molecule has 1 aromatic heterocycles. The lowest BCUT2D eigenvalue weighted by atomic mass is 9.88. The number of aromatic nitrogens is 1. The Bertz CT molecular complexity index is 764. The number of amides is 1. The topological polar surface area (TPSA) is 126 Å². The van der Waals surface area contributed by atoms with Gasteiger partial charge >= 0.3 is 0 Å². The second kappa shape index (κ2) is 8.86.